The monoisotopic (exact) mass is 701 g/mol. The molecule has 15 heteroatoms. The van der Waals surface area contributed by atoms with Gasteiger partial charge in [-0.25, -0.2) is 8.97 Å². The first kappa shape index (κ1) is 36.5. The highest BCUT2D eigenvalue weighted by Crippen LogP contribution is 2.21. The number of para-hydroxylation sites is 1. The number of imidazole rings is 1. The molecule has 1 saturated heterocycles. The zero-order valence-corrected chi connectivity index (χ0v) is 28.9. The third-order valence-electron chi connectivity index (χ3n) is 9.18. The number of unbranched alkanes of at least 4 members (excludes halogenated alkanes) is 1. The highest BCUT2D eigenvalue weighted by Gasteiger charge is 2.37. The first-order chi connectivity index (χ1) is 24.4. The van der Waals surface area contributed by atoms with E-state index in [-0.39, 0.29) is 12.8 Å². The van der Waals surface area contributed by atoms with Gasteiger partial charge in [0.25, 0.3) is 5.65 Å². The van der Waals surface area contributed by atoms with Crippen LogP contribution in [0.25, 0.3) is 16.6 Å². The first-order valence-electron chi connectivity index (χ1n) is 17.1. The van der Waals surface area contributed by atoms with Gasteiger partial charge in [0.2, 0.25) is 29.5 Å². The van der Waals surface area contributed by atoms with Crippen molar-refractivity contribution >= 4 is 52.1 Å². The zero-order chi connectivity index (χ0) is 36.7. The Balaban J connectivity index is 1.40. The van der Waals surface area contributed by atoms with Crippen molar-refractivity contribution in [1.82, 2.24) is 35.7 Å². The Morgan fingerprint density at radius 3 is 2.41 bits per heavy atom. The summed E-state index contributed by atoms with van der Waals surface area (Å²) in [7, 11) is 1.46. The number of pyridine rings is 1. The summed E-state index contributed by atoms with van der Waals surface area (Å²) in [6, 6.07) is 8.48. The van der Waals surface area contributed by atoms with Crippen LogP contribution >= 0.6 is 0 Å². The Morgan fingerprint density at radius 2 is 1.65 bits per heavy atom. The standard InChI is InChI=1S/C36H44N8O7/c1-22(2)32-35(50)40-26(12-6-8-14-43-16-17-44-15-9-7-13-30(43)44)33(48)38-21-29(45)39-27(19-31(46)47)34(49)41-28(36(51)42(32)3)18-23-20-37-25-11-5-4-10-24(23)25/h4-5,7,9-11,13,15-17,20,22,26-28,32,37H,6,8,12,14,18-19,21H2,1-3H3,(H4-,38,39,40,41,45,46,47,48,49,50)/p+1/t26-,27-,28+,32-/m0/s1. The minimum atomic E-state index is -1.54. The predicted molar refractivity (Wildman–Crippen MR) is 186 cm³/mol. The highest BCUT2D eigenvalue weighted by molar-refractivity contribution is 5.98. The SMILES string of the molecule is CC(C)[C@H]1C(=O)N[C@@H](CCCCn2cc[n+]3ccccc23)C(=O)NCC(=O)N[C@@H](CC(=O)O)C(=O)N[C@H](Cc2c[nH]c3ccccc23)C(=O)N1C. The second kappa shape index (κ2) is 16.3. The van der Waals surface area contributed by atoms with Crippen LogP contribution in [0.15, 0.2) is 67.3 Å². The second-order valence-electron chi connectivity index (χ2n) is 13.2. The molecule has 4 atom stereocenters. The Hall–Kier alpha value is -5.73. The van der Waals surface area contributed by atoms with Gasteiger partial charge in [0.1, 0.15) is 36.6 Å². The van der Waals surface area contributed by atoms with Gasteiger partial charge in [-0.2, -0.15) is 0 Å². The molecule has 0 aliphatic carbocycles. The summed E-state index contributed by atoms with van der Waals surface area (Å²) in [5.74, 6) is -5.23. The topological polar surface area (TPSA) is 199 Å². The van der Waals surface area contributed by atoms with Gasteiger partial charge in [-0.3, -0.25) is 28.8 Å². The molecule has 1 aliphatic heterocycles. The fourth-order valence-electron chi connectivity index (χ4n) is 6.61. The number of fused-ring (bicyclic) bond motifs is 2. The van der Waals surface area contributed by atoms with Crippen LogP contribution in [0.5, 0.6) is 0 Å². The van der Waals surface area contributed by atoms with Crippen molar-refractivity contribution in [3.05, 3.63) is 72.8 Å². The Kier molecular flexibility index (Phi) is 11.7. The fraction of sp³-hybridized carbons (Fsp3) is 0.417. The number of likely N-dealkylation sites (N-methyl/N-ethyl adjacent to an activating group) is 1. The number of aromatic amines is 1. The summed E-state index contributed by atoms with van der Waals surface area (Å²) in [5, 5.41) is 20.8. The molecule has 3 aromatic heterocycles. The third-order valence-corrected chi connectivity index (χ3v) is 9.18. The molecule has 0 radical (unpaired) electrons. The van der Waals surface area contributed by atoms with Gasteiger partial charge >= 0.3 is 5.97 Å². The number of nitrogens with zero attached hydrogens (tertiary/aromatic N) is 3. The van der Waals surface area contributed by atoms with Crippen molar-refractivity contribution < 1.29 is 38.3 Å². The van der Waals surface area contributed by atoms with Crippen molar-refractivity contribution in [2.24, 2.45) is 5.92 Å². The molecular weight excluding hydrogens is 656 g/mol. The molecule has 0 bridgehead atoms. The summed E-state index contributed by atoms with van der Waals surface area (Å²) < 4.78 is 4.09. The second-order valence-corrected chi connectivity index (χ2v) is 13.2. The first-order valence-corrected chi connectivity index (χ1v) is 17.1. The zero-order valence-electron chi connectivity index (χ0n) is 28.9. The number of nitrogens with one attached hydrogen (secondary N) is 5. The largest absolute Gasteiger partial charge is 0.481 e. The van der Waals surface area contributed by atoms with E-state index in [9.17, 15) is 33.9 Å². The van der Waals surface area contributed by atoms with Crippen molar-refractivity contribution in [3.8, 4) is 0 Å². The van der Waals surface area contributed by atoms with Crippen LogP contribution in [0, 0.1) is 5.92 Å². The normalized spacial score (nSPS) is 21.2. The smallest absolute Gasteiger partial charge is 0.305 e. The van der Waals surface area contributed by atoms with Gasteiger partial charge < -0.3 is 36.3 Å². The number of carbonyl (C=O) groups is 6. The Morgan fingerprint density at radius 1 is 0.902 bits per heavy atom. The van der Waals surface area contributed by atoms with Gasteiger partial charge in [0, 0.05) is 36.6 Å². The van der Waals surface area contributed by atoms with Gasteiger partial charge in [0.15, 0.2) is 0 Å². The number of benzene rings is 1. The molecule has 1 fully saturated rings. The lowest BCUT2D eigenvalue weighted by molar-refractivity contribution is -0.510. The van der Waals surface area contributed by atoms with E-state index >= 15 is 0 Å². The van der Waals surface area contributed by atoms with Crippen LogP contribution in [-0.2, 0) is 41.7 Å². The van der Waals surface area contributed by atoms with Gasteiger partial charge in [-0.1, -0.05) is 38.1 Å². The van der Waals surface area contributed by atoms with Crippen LogP contribution in [0.1, 0.15) is 45.1 Å². The van der Waals surface area contributed by atoms with Crippen molar-refractivity contribution in [3.63, 3.8) is 0 Å². The van der Waals surface area contributed by atoms with Crippen LogP contribution in [0.3, 0.4) is 0 Å². The van der Waals surface area contributed by atoms with E-state index in [0.717, 1.165) is 16.6 Å². The molecule has 15 nitrogen and oxygen atoms in total. The summed E-state index contributed by atoms with van der Waals surface area (Å²) >= 11 is 0. The van der Waals surface area contributed by atoms with Crippen LogP contribution in [-0.4, -0.2) is 92.8 Å². The number of carboxylic acid groups (broad SMARTS) is 1. The lowest BCUT2D eigenvalue weighted by atomic mass is 9.98. The number of carboxylic acids is 1. The van der Waals surface area contributed by atoms with Crippen LogP contribution in [0.4, 0.5) is 0 Å². The maximum absolute atomic E-state index is 14.2. The van der Waals surface area contributed by atoms with E-state index in [1.54, 1.807) is 20.0 Å². The highest BCUT2D eigenvalue weighted by atomic mass is 16.4. The quantitative estimate of drug-likeness (QED) is 0.103. The summed E-state index contributed by atoms with van der Waals surface area (Å²) in [5.41, 5.74) is 2.53. The molecule has 1 aromatic carbocycles. The molecule has 51 heavy (non-hydrogen) atoms. The van der Waals surface area contributed by atoms with E-state index in [1.807, 2.05) is 65.5 Å². The van der Waals surface area contributed by atoms with Crippen molar-refractivity contribution in [1.29, 1.82) is 0 Å². The lowest BCUT2D eigenvalue weighted by Crippen LogP contribution is -2.59. The fourth-order valence-corrected chi connectivity index (χ4v) is 6.61. The summed E-state index contributed by atoms with van der Waals surface area (Å²) in [4.78, 5) is 84.3. The van der Waals surface area contributed by atoms with Crippen molar-refractivity contribution in [2.75, 3.05) is 13.6 Å². The molecule has 0 spiro atoms. The number of hydrogen-bond donors (Lipinski definition) is 6. The number of rotatable bonds is 10. The van der Waals surface area contributed by atoms with E-state index in [1.165, 1.54) is 11.9 Å². The number of amides is 5. The van der Waals surface area contributed by atoms with Gasteiger partial charge in [0.05, 0.1) is 25.7 Å². The third kappa shape index (κ3) is 8.90. The molecule has 0 unspecified atom stereocenters. The van der Waals surface area contributed by atoms with Gasteiger partial charge in [-0.05, 0) is 42.9 Å². The van der Waals surface area contributed by atoms with Crippen LogP contribution in [0.2, 0.25) is 0 Å². The molecule has 0 saturated carbocycles. The Bertz CT molecular complexity index is 1920. The molecule has 1 aliphatic rings. The minimum absolute atomic E-state index is 0.0109. The lowest BCUT2D eigenvalue weighted by Gasteiger charge is -2.34. The number of H-pyrrole nitrogens is 1. The number of carbonyl (C=O) groups excluding carboxylic acids is 5. The molecule has 5 amide bonds. The average Bonchev–Trinajstić information content (AvgIpc) is 3.70. The molecule has 4 heterocycles. The van der Waals surface area contributed by atoms with E-state index in [2.05, 4.69) is 30.8 Å². The number of aliphatic carboxylic acids is 1. The van der Waals surface area contributed by atoms with Gasteiger partial charge in [-0.15, -0.1) is 0 Å². The summed E-state index contributed by atoms with van der Waals surface area (Å²) in [6.07, 6.45) is 8.33. The predicted octanol–water partition coefficient (Wildman–Crippen LogP) is 0.663. The molecule has 4 aromatic rings. The number of aromatic nitrogens is 3. The maximum atomic E-state index is 14.2. The molecule has 6 N–H and O–H groups in total. The molecule has 270 valence electrons. The minimum Gasteiger partial charge on any atom is -0.481 e. The van der Waals surface area contributed by atoms with E-state index in [0.29, 0.717) is 24.9 Å². The van der Waals surface area contributed by atoms with Crippen LogP contribution < -0.4 is 25.7 Å². The van der Waals surface area contributed by atoms with Crippen molar-refractivity contribution in [2.45, 2.75) is 76.7 Å². The average molecular weight is 702 g/mol. The molecule has 5 rings (SSSR count). The van der Waals surface area contributed by atoms with E-state index < -0.39 is 78.6 Å². The number of aryl methyl sites for hydroxylation is 1. The number of hydrogen-bond acceptors (Lipinski definition) is 6. The maximum Gasteiger partial charge on any atom is 0.305 e. The molecular formula is C36H45N8O7+. The van der Waals surface area contributed by atoms with E-state index in [4.69, 9.17) is 0 Å². The summed E-state index contributed by atoms with van der Waals surface area (Å²) in [6.45, 7) is 3.65. The Labute approximate surface area is 294 Å².